The van der Waals surface area contributed by atoms with Crippen LogP contribution in [-0.4, -0.2) is 52.9 Å². The number of ether oxygens (including phenoxy) is 4. The number of hydrogen-bond donors (Lipinski definition) is 1. The van der Waals surface area contributed by atoms with E-state index in [0.29, 0.717) is 21.7 Å². The van der Waals surface area contributed by atoms with E-state index < -0.39 is 64.6 Å². The summed E-state index contributed by atoms with van der Waals surface area (Å²) in [5, 5.41) is 21.4. The normalized spacial score (nSPS) is 22.8. The van der Waals surface area contributed by atoms with Crippen molar-refractivity contribution in [1.29, 1.82) is 0 Å². The van der Waals surface area contributed by atoms with Gasteiger partial charge in [-0.15, -0.1) is 0 Å². The van der Waals surface area contributed by atoms with Crippen molar-refractivity contribution in [2.75, 3.05) is 6.61 Å². The predicted molar refractivity (Wildman–Crippen MR) is 134 cm³/mol. The molecule has 1 fully saturated rings. The van der Waals surface area contributed by atoms with Crippen LogP contribution in [0.1, 0.15) is 50.5 Å². The maximum atomic E-state index is 12.0. The lowest BCUT2D eigenvalue weighted by atomic mass is 9.85. The van der Waals surface area contributed by atoms with E-state index >= 15 is 0 Å². The molecule has 2 unspecified atom stereocenters. The number of rotatable bonds is 8. The van der Waals surface area contributed by atoms with Gasteiger partial charge < -0.3 is 24.1 Å². The Morgan fingerprint density at radius 1 is 1.03 bits per heavy atom. The average molecular weight is 550 g/mol. The second kappa shape index (κ2) is 12.2. The Kier molecular flexibility index (Phi) is 9.29. The highest BCUT2D eigenvalue weighted by atomic mass is 35.5. The highest BCUT2D eigenvalue weighted by Gasteiger charge is 2.48. The molecular formula is C26H28ClNO10. The third kappa shape index (κ3) is 6.99. The third-order valence-electron chi connectivity index (χ3n) is 6.13. The van der Waals surface area contributed by atoms with Crippen molar-refractivity contribution >= 4 is 35.2 Å². The van der Waals surface area contributed by atoms with Crippen LogP contribution in [0.5, 0.6) is 5.75 Å². The molecule has 0 bridgehead atoms. The van der Waals surface area contributed by atoms with Crippen molar-refractivity contribution in [2.24, 2.45) is 5.92 Å². The number of aromatic hydroxyl groups is 1. The van der Waals surface area contributed by atoms with Crippen LogP contribution in [0.2, 0.25) is 5.02 Å². The lowest BCUT2D eigenvalue weighted by Gasteiger charge is -2.44. The van der Waals surface area contributed by atoms with Crippen molar-refractivity contribution in [3.63, 3.8) is 0 Å². The van der Waals surface area contributed by atoms with Gasteiger partial charge in [-0.25, -0.2) is 0 Å². The van der Waals surface area contributed by atoms with Crippen molar-refractivity contribution < 1.29 is 43.4 Å². The number of esters is 3. The minimum absolute atomic E-state index is 0.116. The molecule has 0 amide bonds. The molecule has 0 aromatic heterocycles. The molecule has 2 aromatic carbocycles. The van der Waals surface area contributed by atoms with Crippen LogP contribution >= 0.6 is 11.6 Å². The van der Waals surface area contributed by atoms with Crippen molar-refractivity contribution in [2.45, 2.75) is 58.5 Å². The monoisotopic (exact) mass is 549 g/mol. The Bertz CT molecular complexity index is 1230. The number of benzene rings is 2. The first-order valence-electron chi connectivity index (χ1n) is 11.7. The molecule has 0 radical (unpaired) electrons. The minimum atomic E-state index is -1.02. The Hall–Kier alpha value is -3.70. The van der Waals surface area contributed by atoms with Crippen LogP contribution in [0.3, 0.4) is 0 Å². The average Bonchev–Trinajstić information content (AvgIpc) is 2.82. The number of halogens is 1. The Balaban J connectivity index is 2.02. The third-order valence-corrected chi connectivity index (χ3v) is 6.50. The van der Waals surface area contributed by atoms with E-state index in [1.54, 1.807) is 25.1 Å². The fraction of sp³-hybridized carbons (Fsp3) is 0.423. The van der Waals surface area contributed by atoms with Gasteiger partial charge in [-0.3, -0.25) is 24.5 Å². The number of carbonyl (C=O) groups is 3. The standard InChI is InChI=1S/C26H28ClNO10/c1-13-23(12-35-14(2)29)38-25(26(37-16(4)31)24(13)36-15(3)30)18-6-7-20(27)19(11-18)9-17-5-8-22(32)21(10-17)28(33)34/h5-8,10-11,13,23-26,32H,9,12H2,1-4H3/t13?,23-,24+,25+,26?/m1/s1. The van der Waals surface area contributed by atoms with Gasteiger partial charge in [0.2, 0.25) is 0 Å². The number of nitrogens with zero attached hydrogens (tertiary/aromatic N) is 1. The quantitative estimate of drug-likeness (QED) is 0.221. The number of phenolic OH excluding ortho intramolecular Hbond substituents is 1. The number of nitro groups is 1. The van der Waals surface area contributed by atoms with Gasteiger partial charge in [0.25, 0.3) is 0 Å². The Labute approximate surface area is 223 Å². The highest BCUT2D eigenvalue weighted by Crippen LogP contribution is 2.40. The van der Waals surface area contributed by atoms with Crippen LogP contribution in [0.25, 0.3) is 0 Å². The second-order valence-electron chi connectivity index (χ2n) is 9.01. The van der Waals surface area contributed by atoms with Crippen molar-refractivity contribution in [3.8, 4) is 5.75 Å². The summed E-state index contributed by atoms with van der Waals surface area (Å²) in [6.07, 6.45) is -3.37. The SMILES string of the molecule is CC(=O)OC[C@H]1O[C@@H](c2ccc(Cl)c(Cc3ccc(O)c([N+](=O)[O-])c3)c2)C(OC(C)=O)[C@@H](OC(C)=O)C1C. The van der Waals surface area contributed by atoms with E-state index in [2.05, 4.69) is 0 Å². The molecule has 3 rings (SSSR count). The number of nitro benzene ring substituents is 1. The molecule has 0 saturated carbocycles. The zero-order valence-electron chi connectivity index (χ0n) is 21.2. The minimum Gasteiger partial charge on any atom is -0.502 e. The summed E-state index contributed by atoms with van der Waals surface area (Å²) in [5.41, 5.74) is 1.19. The molecule has 12 heteroatoms. The molecule has 38 heavy (non-hydrogen) atoms. The van der Waals surface area contributed by atoms with Crippen LogP contribution in [0.15, 0.2) is 36.4 Å². The molecule has 5 atom stereocenters. The van der Waals surface area contributed by atoms with Crippen LogP contribution in [0.4, 0.5) is 5.69 Å². The largest absolute Gasteiger partial charge is 0.502 e. The first-order valence-corrected chi connectivity index (χ1v) is 12.1. The summed E-state index contributed by atoms with van der Waals surface area (Å²) < 4.78 is 22.5. The first kappa shape index (κ1) is 28.9. The fourth-order valence-corrected chi connectivity index (χ4v) is 4.55. The molecule has 1 saturated heterocycles. The molecule has 0 aliphatic carbocycles. The van der Waals surface area contributed by atoms with Gasteiger partial charge in [0.05, 0.1) is 11.0 Å². The summed E-state index contributed by atoms with van der Waals surface area (Å²) in [7, 11) is 0. The van der Waals surface area contributed by atoms with Gasteiger partial charge in [0.15, 0.2) is 11.9 Å². The van der Waals surface area contributed by atoms with Crippen LogP contribution in [0, 0.1) is 16.0 Å². The van der Waals surface area contributed by atoms with Gasteiger partial charge in [-0.1, -0.05) is 36.7 Å². The Morgan fingerprint density at radius 3 is 2.29 bits per heavy atom. The van der Waals surface area contributed by atoms with Gasteiger partial charge in [0.1, 0.15) is 18.8 Å². The lowest BCUT2D eigenvalue weighted by Crippen LogP contribution is -2.54. The lowest BCUT2D eigenvalue weighted by molar-refractivity contribution is -0.385. The molecule has 1 aliphatic rings. The van der Waals surface area contributed by atoms with E-state index in [9.17, 15) is 29.6 Å². The van der Waals surface area contributed by atoms with E-state index in [0.717, 1.165) is 0 Å². The van der Waals surface area contributed by atoms with Gasteiger partial charge in [-0.05, 0) is 35.2 Å². The molecule has 0 spiro atoms. The zero-order valence-corrected chi connectivity index (χ0v) is 22.0. The number of carbonyl (C=O) groups excluding carboxylic acids is 3. The summed E-state index contributed by atoms with van der Waals surface area (Å²) in [5.74, 6) is -2.67. The molecule has 2 aromatic rings. The van der Waals surface area contributed by atoms with E-state index in [-0.39, 0.29) is 13.0 Å². The van der Waals surface area contributed by atoms with Crippen molar-refractivity contribution in [1.82, 2.24) is 0 Å². The maximum absolute atomic E-state index is 12.0. The molecule has 1 heterocycles. The van der Waals surface area contributed by atoms with Crippen LogP contribution in [-0.2, 0) is 39.8 Å². The number of hydrogen-bond acceptors (Lipinski definition) is 10. The Morgan fingerprint density at radius 2 is 1.68 bits per heavy atom. The molecule has 1 N–H and O–H groups in total. The zero-order chi connectivity index (χ0) is 28.1. The number of phenols is 1. The maximum Gasteiger partial charge on any atom is 0.310 e. The van der Waals surface area contributed by atoms with Crippen LogP contribution < -0.4 is 0 Å². The fourth-order valence-electron chi connectivity index (χ4n) is 4.37. The summed E-state index contributed by atoms with van der Waals surface area (Å²) in [6.45, 7) is 5.34. The van der Waals surface area contributed by atoms with E-state index in [1.807, 2.05) is 0 Å². The van der Waals surface area contributed by atoms with Gasteiger partial charge in [0, 0.05) is 37.8 Å². The second-order valence-corrected chi connectivity index (χ2v) is 9.42. The van der Waals surface area contributed by atoms with E-state index in [4.69, 9.17) is 30.5 Å². The topological polar surface area (TPSA) is 152 Å². The van der Waals surface area contributed by atoms with Crippen molar-refractivity contribution in [3.05, 3.63) is 68.2 Å². The summed E-state index contributed by atoms with van der Waals surface area (Å²) in [6, 6.07) is 9.00. The predicted octanol–water partition coefficient (Wildman–Crippen LogP) is 4.05. The molecule has 11 nitrogen and oxygen atoms in total. The molecule has 1 aliphatic heterocycles. The first-order chi connectivity index (χ1) is 17.9. The molecule has 204 valence electrons. The smallest absolute Gasteiger partial charge is 0.310 e. The summed E-state index contributed by atoms with van der Waals surface area (Å²) in [4.78, 5) is 45.9. The summed E-state index contributed by atoms with van der Waals surface area (Å²) >= 11 is 6.44. The van der Waals surface area contributed by atoms with Gasteiger partial charge in [-0.2, -0.15) is 0 Å². The van der Waals surface area contributed by atoms with Gasteiger partial charge >= 0.3 is 23.6 Å². The molecular weight excluding hydrogens is 522 g/mol. The highest BCUT2D eigenvalue weighted by molar-refractivity contribution is 6.31. The van der Waals surface area contributed by atoms with E-state index in [1.165, 1.54) is 39.0 Å².